The van der Waals surface area contributed by atoms with E-state index in [1.54, 1.807) is 0 Å². The molecule has 3 nitrogen and oxygen atoms in total. The first-order valence-electron chi connectivity index (χ1n) is 6.11. The van der Waals surface area contributed by atoms with Crippen LogP contribution in [0.1, 0.15) is 33.6 Å². The number of nitrogens with one attached hydrogen (secondary N) is 2. The van der Waals surface area contributed by atoms with E-state index >= 15 is 0 Å². The molecule has 0 saturated carbocycles. The molecule has 1 heterocycles. The van der Waals surface area contributed by atoms with Gasteiger partial charge in [0.25, 0.3) is 0 Å². The second-order valence-corrected chi connectivity index (χ2v) is 6.37. The van der Waals surface area contributed by atoms with E-state index in [9.17, 15) is 4.79 Å². The molecule has 1 rings (SSSR count). The monoisotopic (exact) mass is 244 g/mol. The first-order chi connectivity index (χ1) is 7.53. The highest BCUT2D eigenvalue weighted by molar-refractivity contribution is 7.99. The first-order valence-corrected chi connectivity index (χ1v) is 7.27. The third-order valence-electron chi connectivity index (χ3n) is 3.15. The Morgan fingerprint density at radius 3 is 2.88 bits per heavy atom. The normalized spacial score (nSPS) is 21.8. The molecule has 16 heavy (non-hydrogen) atoms. The SMILES string of the molecule is CCC(C)(C)CNC(=O)CC1CSCCN1. The molecule has 1 saturated heterocycles. The van der Waals surface area contributed by atoms with Crippen molar-refractivity contribution in [3.8, 4) is 0 Å². The van der Waals surface area contributed by atoms with E-state index in [-0.39, 0.29) is 11.3 Å². The predicted molar refractivity (Wildman–Crippen MR) is 70.8 cm³/mol. The van der Waals surface area contributed by atoms with E-state index in [2.05, 4.69) is 31.4 Å². The van der Waals surface area contributed by atoms with E-state index < -0.39 is 0 Å². The lowest BCUT2D eigenvalue weighted by molar-refractivity contribution is -0.121. The molecule has 0 radical (unpaired) electrons. The third kappa shape index (κ3) is 5.21. The number of carbonyl (C=O) groups is 1. The Bertz CT molecular complexity index is 225. The molecule has 0 aliphatic carbocycles. The summed E-state index contributed by atoms with van der Waals surface area (Å²) in [5, 5.41) is 6.41. The van der Waals surface area contributed by atoms with Crippen LogP contribution in [0.3, 0.4) is 0 Å². The highest BCUT2D eigenvalue weighted by atomic mass is 32.2. The van der Waals surface area contributed by atoms with E-state index in [0.717, 1.165) is 25.3 Å². The highest BCUT2D eigenvalue weighted by Crippen LogP contribution is 2.17. The van der Waals surface area contributed by atoms with Crippen molar-refractivity contribution in [2.45, 2.75) is 39.7 Å². The molecule has 94 valence electrons. The number of thioether (sulfide) groups is 1. The van der Waals surface area contributed by atoms with Crippen LogP contribution in [0.4, 0.5) is 0 Å². The molecular weight excluding hydrogens is 220 g/mol. The zero-order chi connectivity index (χ0) is 12.0. The summed E-state index contributed by atoms with van der Waals surface area (Å²) in [4.78, 5) is 11.7. The molecule has 1 aliphatic heterocycles. The summed E-state index contributed by atoms with van der Waals surface area (Å²) in [7, 11) is 0. The van der Waals surface area contributed by atoms with E-state index in [4.69, 9.17) is 0 Å². The number of hydrogen-bond acceptors (Lipinski definition) is 3. The summed E-state index contributed by atoms with van der Waals surface area (Å²) in [6, 6.07) is 0.364. The fourth-order valence-electron chi connectivity index (χ4n) is 1.51. The standard InChI is InChI=1S/C12H24N2OS/c1-4-12(2,3)9-14-11(15)7-10-8-16-6-5-13-10/h10,13H,4-9H2,1-3H3,(H,14,15). The van der Waals surface area contributed by atoms with Gasteiger partial charge in [0.2, 0.25) is 5.91 Å². The molecule has 1 amide bonds. The second-order valence-electron chi connectivity index (χ2n) is 5.22. The minimum atomic E-state index is 0.182. The summed E-state index contributed by atoms with van der Waals surface area (Å²) in [6.45, 7) is 8.33. The molecular formula is C12H24N2OS. The molecule has 0 aromatic heterocycles. The number of carbonyl (C=O) groups excluding carboxylic acids is 1. The van der Waals surface area contributed by atoms with Crippen LogP contribution in [0.15, 0.2) is 0 Å². The van der Waals surface area contributed by atoms with Crippen LogP contribution >= 0.6 is 11.8 Å². The molecule has 0 aromatic rings. The van der Waals surface area contributed by atoms with Crippen molar-refractivity contribution in [3.05, 3.63) is 0 Å². The topological polar surface area (TPSA) is 41.1 Å². The van der Waals surface area contributed by atoms with Crippen LogP contribution in [-0.4, -0.2) is 36.5 Å². The highest BCUT2D eigenvalue weighted by Gasteiger charge is 2.19. The van der Waals surface area contributed by atoms with E-state index in [0.29, 0.717) is 12.5 Å². The number of amides is 1. The van der Waals surface area contributed by atoms with Crippen LogP contribution in [-0.2, 0) is 4.79 Å². The Balaban J connectivity index is 2.19. The van der Waals surface area contributed by atoms with E-state index in [1.807, 2.05) is 11.8 Å². The quantitative estimate of drug-likeness (QED) is 0.772. The van der Waals surface area contributed by atoms with Gasteiger partial charge in [0, 0.05) is 37.1 Å². The van der Waals surface area contributed by atoms with Crippen molar-refractivity contribution < 1.29 is 4.79 Å². The predicted octanol–water partition coefficient (Wildman–Crippen LogP) is 1.63. The lowest BCUT2D eigenvalue weighted by Crippen LogP contribution is -2.42. The van der Waals surface area contributed by atoms with Gasteiger partial charge in [0.05, 0.1) is 0 Å². The van der Waals surface area contributed by atoms with Crippen molar-refractivity contribution >= 4 is 17.7 Å². The van der Waals surface area contributed by atoms with Gasteiger partial charge in [-0.25, -0.2) is 0 Å². The zero-order valence-corrected chi connectivity index (χ0v) is 11.5. The largest absolute Gasteiger partial charge is 0.356 e. The van der Waals surface area contributed by atoms with Crippen LogP contribution in [0.2, 0.25) is 0 Å². The lowest BCUT2D eigenvalue weighted by Gasteiger charge is -2.25. The fraction of sp³-hybridized carbons (Fsp3) is 0.917. The minimum Gasteiger partial charge on any atom is -0.356 e. The second kappa shape index (κ2) is 6.50. The van der Waals surface area contributed by atoms with Gasteiger partial charge < -0.3 is 10.6 Å². The molecule has 0 spiro atoms. The Morgan fingerprint density at radius 2 is 2.31 bits per heavy atom. The van der Waals surface area contributed by atoms with Gasteiger partial charge >= 0.3 is 0 Å². The smallest absolute Gasteiger partial charge is 0.221 e. The first kappa shape index (κ1) is 13.8. The molecule has 1 aliphatic rings. The number of rotatable bonds is 5. The van der Waals surface area contributed by atoms with Crippen molar-refractivity contribution in [3.63, 3.8) is 0 Å². The molecule has 2 N–H and O–H groups in total. The average Bonchev–Trinajstić information content (AvgIpc) is 2.28. The Morgan fingerprint density at radius 1 is 1.56 bits per heavy atom. The molecule has 0 bridgehead atoms. The minimum absolute atomic E-state index is 0.182. The Labute approximate surface area is 103 Å². The summed E-state index contributed by atoms with van der Waals surface area (Å²) in [5.41, 5.74) is 0.213. The van der Waals surface area contributed by atoms with Gasteiger partial charge in [-0.2, -0.15) is 11.8 Å². The molecule has 0 aromatic carbocycles. The van der Waals surface area contributed by atoms with Gasteiger partial charge in [-0.15, -0.1) is 0 Å². The fourth-order valence-corrected chi connectivity index (χ4v) is 2.46. The van der Waals surface area contributed by atoms with Gasteiger partial charge in [0.15, 0.2) is 0 Å². The maximum absolute atomic E-state index is 11.7. The Hall–Kier alpha value is -0.220. The molecule has 4 heteroatoms. The zero-order valence-electron chi connectivity index (χ0n) is 10.6. The maximum Gasteiger partial charge on any atom is 0.221 e. The van der Waals surface area contributed by atoms with Crippen LogP contribution in [0.5, 0.6) is 0 Å². The van der Waals surface area contributed by atoms with Gasteiger partial charge in [-0.05, 0) is 11.8 Å². The maximum atomic E-state index is 11.7. The van der Waals surface area contributed by atoms with Crippen LogP contribution in [0.25, 0.3) is 0 Å². The Kier molecular flexibility index (Phi) is 5.62. The molecule has 1 atom stereocenters. The summed E-state index contributed by atoms with van der Waals surface area (Å²) in [6.07, 6.45) is 1.71. The lowest BCUT2D eigenvalue weighted by atomic mass is 9.90. The van der Waals surface area contributed by atoms with Crippen LogP contribution < -0.4 is 10.6 Å². The van der Waals surface area contributed by atoms with Crippen molar-refractivity contribution in [1.82, 2.24) is 10.6 Å². The number of hydrogen-bond donors (Lipinski definition) is 2. The summed E-state index contributed by atoms with van der Waals surface area (Å²) in [5.74, 6) is 2.41. The van der Waals surface area contributed by atoms with E-state index in [1.165, 1.54) is 5.75 Å². The van der Waals surface area contributed by atoms with Crippen LogP contribution in [0, 0.1) is 5.41 Å². The third-order valence-corrected chi connectivity index (χ3v) is 4.28. The molecule has 1 fully saturated rings. The summed E-state index contributed by atoms with van der Waals surface area (Å²) >= 11 is 1.93. The van der Waals surface area contributed by atoms with Gasteiger partial charge in [0.1, 0.15) is 0 Å². The van der Waals surface area contributed by atoms with Gasteiger partial charge in [-0.1, -0.05) is 20.8 Å². The van der Waals surface area contributed by atoms with Crippen molar-refractivity contribution in [1.29, 1.82) is 0 Å². The van der Waals surface area contributed by atoms with Gasteiger partial charge in [-0.3, -0.25) is 4.79 Å². The van der Waals surface area contributed by atoms with Crippen molar-refractivity contribution in [2.24, 2.45) is 5.41 Å². The average molecular weight is 244 g/mol. The molecule has 1 unspecified atom stereocenters. The summed E-state index contributed by atoms with van der Waals surface area (Å²) < 4.78 is 0. The van der Waals surface area contributed by atoms with Crippen molar-refractivity contribution in [2.75, 3.05) is 24.6 Å².